The van der Waals surface area contributed by atoms with Crippen molar-refractivity contribution in [3.63, 3.8) is 0 Å². The summed E-state index contributed by atoms with van der Waals surface area (Å²) < 4.78 is 6.53. The summed E-state index contributed by atoms with van der Waals surface area (Å²) in [6, 6.07) is 19.3. The van der Waals surface area contributed by atoms with Gasteiger partial charge in [0.25, 0.3) is 0 Å². The van der Waals surface area contributed by atoms with Gasteiger partial charge < -0.3 is 15.4 Å². The zero-order valence-corrected chi connectivity index (χ0v) is 20.4. The van der Waals surface area contributed by atoms with Gasteiger partial charge in [0, 0.05) is 27.0 Å². The van der Waals surface area contributed by atoms with E-state index < -0.39 is 17.7 Å². The van der Waals surface area contributed by atoms with Gasteiger partial charge in [-0.1, -0.05) is 53.0 Å². The van der Waals surface area contributed by atoms with Gasteiger partial charge in [-0.2, -0.15) is 0 Å². The van der Waals surface area contributed by atoms with Crippen LogP contribution in [0.1, 0.15) is 18.5 Å². The molecular formula is C24H18Cl3N3O2S. The Morgan fingerprint density at radius 3 is 2.45 bits per heavy atom. The van der Waals surface area contributed by atoms with E-state index in [-0.39, 0.29) is 5.91 Å². The summed E-state index contributed by atoms with van der Waals surface area (Å²) in [6.45, 7) is 1.85. The van der Waals surface area contributed by atoms with E-state index in [1.165, 1.54) is 0 Å². The molecule has 0 unspecified atom stereocenters. The molecule has 1 amide bonds. The number of hydrogen-bond donors (Lipinski definition) is 2. The quantitative estimate of drug-likeness (QED) is 0.391. The lowest BCUT2D eigenvalue weighted by Gasteiger charge is -2.56. The van der Waals surface area contributed by atoms with Gasteiger partial charge in [-0.15, -0.1) is 0 Å². The highest BCUT2D eigenvalue weighted by molar-refractivity contribution is 7.80. The standard InChI is InChI=1S/C24H18Cl3N3O2S/c1-24-19(22(31)28-15-9-7-13(25)8-10-15)20(17-11-14(26)12-18(27)21(17)32-24)29-23(33)30(24)16-5-3-2-4-6-16/h2-12,19-20H,1H3,(H,28,31)(H,29,33)/t19-,20+,24+/m0/s1. The van der Waals surface area contributed by atoms with Gasteiger partial charge in [-0.25, -0.2) is 0 Å². The zero-order valence-electron chi connectivity index (χ0n) is 17.3. The minimum absolute atomic E-state index is 0.248. The van der Waals surface area contributed by atoms with Crippen LogP contribution in [0.5, 0.6) is 5.75 Å². The van der Waals surface area contributed by atoms with Crippen LogP contribution in [-0.2, 0) is 4.79 Å². The number of thiocarbonyl (C=S) groups is 1. The van der Waals surface area contributed by atoms with Crippen molar-refractivity contribution in [2.75, 3.05) is 10.2 Å². The van der Waals surface area contributed by atoms with Crippen molar-refractivity contribution in [3.8, 4) is 5.75 Å². The predicted molar refractivity (Wildman–Crippen MR) is 136 cm³/mol. The number of halogens is 3. The first-order valence-electron chi connectivity index (χ1n) is 10.2. The van der Waals surface area contributed by atoms with Gasteiger partial charge in [-0.3, -0.25) is 9.69 Å². The third-order valence-corrected chi connectivity index (χ3v) is 6.98. The predicted octanol–water partition coefficient (Wildman–Crippen LogP) is 6.45. The molecule has 3 aromatic rings. The lowest BCUT2D eigenvalue weighted by atomic mass is 9.78. The summed E-state index contributed by atoms with van der Waals surface area (Å²) in [4.78, 5) is 15.6. The Labute approximate surface area is 211 Å². The van der Waals surface area contributed by atoms with Crippen LogP contribution in [0.15, 0.2) is 66.7 Å². The zero-order chi connectivity index (χ0) is 23.3. The first kappa shape index (κ1) is 22.3. The average Bonchev–Trinajstić information content (AvgIpc) is 2.76. The van der Waals surface area contributed by atoms with E-state index in [1.54, 1.807) is 36.4 Å². The Balaban J connectivity index is 1.64. The molecule has 3 atom stereocenters. The van der Waals surface area contributed by atoms with E-state index >= 15 is 0 Å². The molecule has 2 N–H and O–H groups in total. The summed E-state index contributed by atoms with van der Waals surface area (Å²) in [5, 5.41) is 8.15. The molecule has 0 aromatic heterocycles. The number of rotatable bonds is 3. The van der Waals surface area contributed by atoms with Crippen LogP contribution in [0.3, 0.4) is 0 Å². The second kappa shape index (κ2) is 8.37. The van der Waals surface area contributed by atoms with Gasteiger partial charge in [0.2, 0.25) is 5.91 Å². The topological polar surface area (TPSA) is 53.6 Å². The molecule has 3 aromatic carbocycles. The smallest absolute Gasteiger partial charge is 0.236 e. The van der Waals surface area contributed by atoms with Gasteiger partial charge in [0.05, 0.1) is 11.1 Å². The van der Waals surface area contributed by atoms with Crippen LogP contribution in [0.2, 0.25) is 15.1 Å². The second-order valence-electron chi connectivity index (χ2n) is 8.03. The molecule has 9 heteroatoms. The molecule has 2 bridgehead atoms. The van der Waals surface area contributed by atoms with E-state index in [4.69, 9.17) is 51.8 Å². The summed E-state index contributed by atoms with van der Waals surface area (Å²) in [7, 11) is 0. The number of carbonyl (C=O) groups excluding carboxylic acids is 1. The monoisotopic (exact) mass is 517 g/mol. The summed E-state index contributed by atoms with van der Waals surface area (Å²) in [5.41, 5.74) is 0.912. The van der Waals surface area contributed by atoms with Gasteiger partial charge in [0.15, 0.2) is 10.8 Å². The number of amides is 1. The number of para-hydroxylation sites is 1. The number of carbonyl (C=O) groups is 1. The summed E-state index contributed by atoms with van der Waals surface area (Å²) in [6.07, 6.45) is 0. The lowest BCUT2D eigenvalue weighted by Crippen LogP contribution is -2.72. The molecule has 2 heterocycles. The number of benzene rings is 3. The lowest BCUT2D eigenvalue weighted by molar-refractivity contribution is -0.130. The number of hydrogen-bond acceptors (Lipinski definition) is 3. The maximum Gasteiger partial charge on any atom is 0.236 e. The van der Waals surface area contributed by atoms with Gasteiger partial charge >= 0.3 is 0 Å². The molecular weight excluding hydrogens is 501 g/mol. The van der Waals surface area contributed by atoms with Crippen LogP contribution in [0.25, 0.3) is 0 Å². The second-order valence-corrected chi connectivity index (χ2v) is 9.70. The number of nitrogens with one attached hydrogen (secondary N) is 2. The van der Waals surface area contributed by atoms with E-state index in [9.17, 15) is 4.79 Å². The van der Waals surface area contributed by atoms with Crippen LogP contribution in [0, 0.1) is 5.92 Å². The van der Waals surface area contributed by atoms with Crippen LogP contribution < -0.4 is 20.3 Å². The molecule has 0 radical (unpaired) electrons. The Hall–Kier alpha value is -2.51. The summed E-state index contributed by atoms with van der Waals surface area (Å²) in [5.74, 6) is -0.482. The van der Waals surface area contributed by atoms with Gasteiger partial charge in [0.1, 0.15) is 11.7 Å². The molecule has 2 aliphatic rings. The van der Waals surface area contributed by atoms with E-state index in [0.29, 0.717) is 37.2 Å². The third-order valence-electron chi connectivity index (χ3n) is 5.93. The van der Waals surface area contributed by atoms with Crippen LogP contribution >= 0.6 is 47.0 Å². The van der Waals surface area contributed by atoms with Gasteiger partial charge in [-0.05, 0) is 67.7 Å². The van der Waals surface area contributed by atoms with Crippen molar-refractivity contribution < 1.29 is 9.53 Å². The minimum atomic E-state index is -1.17. The number of nitrogens with zero attached hydrogens (tertiary/aromatic N) is 1. The average molecular weight is 519 g/mol. The molecule has 1 saturated heterocycles. The Bertz CT molecular complexity index is 1260. The maximum absolute atomic E-state index is 13.7. The van der Waals surface area contributed by atoms with Crippen molar-refractivity contribution >= 4 is 69.4 Å². The van der Waals surface area contributed by atoms with Crippen molar-refractivity contribution in [3.05, 3.63) is 87.4 Å². The fraction of sp³-hybridized carbons (Fsp3) is 0.167. The van der Waals surface area contributed by atoms with Crippen LogP contribution in [0.4, 0.5) is 11.4 Å². The van der Waals surface area contributed by atoms with E-state index in [1.807, 2.05) is 42.2 Å². The molecule has 2 aliphatic heterocycles. The molecule has 0 saturated carbocycles. The number of fused-ring (bicyclic) bond motifs is 4. The Morgan fingerprint density at radius 1 is 1.06 bits per heavy atom. The fourth-order valence-electron chi connectivity index (χ4n) is 4.52. The molecule has 168 valence electrons. The normalized spacial score (nSPS) is 23.3. The van der Waals surface area contributed by atoms with Crippen molar-refractivity contribution in [1.82, 2.24) is 5.32 Å². The first-order valence-corrected chi connectivity index (χ1v) is 11.7. The molecule has 33 heavy (non-hydrogen) atoms. The molecule has 5 rings (SSSR count). The first-order chi connectivity index (χ1) is 15.8. The van der Waals surface area contributed by atoms with Crippen LogP contribution in [-0.4, -0.2) is 16.7 Å². The molecule has 0 aliphatic carbocycles. The minimum Gasteiger partial charge on any atom is -0.465 e. The fourth-order valence-corrected chi connectivity index (χ4v) is 5.61. The third kappa shape index (κ3) is 3.81. The Kier molecular flexibility index (Phi) is 5.65. The highest BCUT2D eigenvalue weighted by Crippen LogP contribution is 2.52. The highest BCUT2D eigenvalue weighted by atomic mass is 35.5. The number of anilines is 2. The highest BCUT2D eigenvalue weighted by Gasteiger charge is 2.59. The van der Waals surface area contributed by atoms with E-state index in [2.05, 4.69) is 10.6 Å². The maximum atomic E-state index is 13.7. The molecule has 0 spiro atoms. The summed E-state index contributed by atoms with van der Waals surface area (Å²) >= 11 is 24.6. The van der Waals surface area contributed by atoms with E-state index in [0.717, 1.165) is 5.69 Å². The molecule has 5 nitrogen and oxygen atoms in total. The van der Waals surface area contributed by atoms with Crippen molar-refractivity contribution in [1.29, 1.82) is 0 Å². The SMILES string of the molecule is C[C@]12Oc3c(Cl)cc(Cl)cc3[C@@H](NC(=S)N1c1ccccc1)[C@H]2C(=O)Nc1ccc(Cl)cc1. The largest absolute Gasteiger partial charge is 0.465 e. The number of ether oxygens (including phenoxy) is 1. The van der Waals surface area contributed by atoms with Crippen molar-refractivity contribution in [2.24, 2.45) is 5.92 Å². The Morgan fingerprint density at radius 2 is 1.76 bits per heavy atom. The van der Waals surface area contributed by atoms with Crippen molar-refractivity contribution in [2.45, 2.75) is 18.7 Å². The molecule has 1 fully saturated rings.